The van der Waals surface area contributed by atoms with Gasteiger partial charge in [-0.05, 0) is 83.8 Å². The van der Waals surface area contributed by atoms with Crippen LogP contribution in [0.5, 0.6) is 0 Å². The van der Waals surface area contributed by atoms with Crippen LogP contribution in [0.4, 0.5) is 5.69 Å². The van der Waals surface area contributed by atoms with Crippen molar-refractivity contribution in [3.8, 4) is 10.4 Å². The topological polar surface area (TPSA) is 80.3 Å². The molecule has 0 amide bonds. The van der Waals surface area contributed by atoms with Crippen LogP contribution in [-0.2, 0) is 24.3 Å². The molecule has 0 fully saturated rings. The first-order chi connectivity index (χ1) is 17.3. The third kappa shape index (κ3) is 6.29. The summed E-state index contributed by atoms with van der Waals surface area (Å²) in [6, 6.07) is 21.0. The fourth-order valence-electron chi connectivity index (χ4n) is 3.76. The van der Waals surface area contributed by atoms with Crippen LogP contribution in [0.2, 0.25) is 0 Å². The normalized spacial score (nSPS) is 12.5. The number of anilines is 1. The SMILES string of the molecule is Cc1ccc(S(=O)(=O)Sc2cc(C)c(NS(=O)(=O)c3ccc(-c4cccs4)cc3)cc2C(C)(C)C)cc1. The Balaban J connectivity index is 1.67. The summed E-state index contributed by atoms with van der Waals surface area (Å²) in [7, 11) is -6.72. The van der Waals surface area contributed by atoms with Crippen molar-refractivity contribution in [2.45, 2.75) is 54.7 Å². The van der Waals surface area contributed by atoms with Crippen molar-refractivity contribution in [2.24, 2.45) is 0 Å². The quantitative estimate of drug-likeness (QED) is 0.231. The molecule has 0 saturated heterocycles. The van der Waals surface area contributed by atoms with Gasteiger partial charge in [0.05, 0.1) is 15.5 Å². The molecule has 3 aromatic carbocycles. The van der Waals surface area contributed by atoms with E-state index in [0.717, 1.165) is 32.4 Å². The first kappa shape index (κ1) is 27.4. The van der Waals surface area contributed by atoms with Crippen LogP contribution in [0.3, 0.4) is 0 Å². The van der Waals surface area contributed by atoms with Gasteiger partial charge >= 0.3 is 0 Å². The highest BCUT2D eigenvalue weighted by atomic mass is 33.1. The Morgan fingerprint density at radius 2 is 1.43 bits per heavy atom. The maximum atomic E-state index is 13.2. The van der Waals surface area contributed by atoms with E-state index >= 15 is 0 Å². The van der Waals surface area contributed by atoms with Crippen molar-refractivity contribution >= 4 is 46.7 Å². The molecule has 1 heterocycles. The fourth-order valence-corrected chi connectivity index (χ4v) is 8.84. The van der Waals surface area contributed by atoms with Crippen LogP contribution in [0.1, 0.15) is 37.5 Å². The summed E-state index contributed by atoms with van der Waals surface area (Å²) in [5, 5.41) is 1.98. The van der Waals surface area contributed by atoms with Gasteiger partial charge in [0, 0.05) is 20.6 Å². The number of rotatable bonds is 7. The predicted octanol–water partition coefficient (Wildman–Crippen LogP) is 7.61. The van der Waals surface area contributed by atoms with Crippen molar-refractivity contribution in [2.75, 3.05) is 4.72 Å². The van der Waals surface area contributed by atoms with Gasteiger partial charge in [-0.1, -0.05) is 56.7 Å². The molecular weight excluding hydrogens is 543 g/mol. The Kier molecular flexibility index (Phi) is 7.63. The molecule has 194 valence electrons. The van der Waals surface area contributed by atoms with E-state index in [0.29, 0.717) is 16.1 Å². The van der Waals surface area contributed by atoms with E-state index in [1.54, 1.807) is 78.9 Å². The molecule has 0 aliphatic carbocycles. The number of hydrogen-bond donors (Lipinski definition) is 1. The lowest BCUT2D eigenvalue weighted by Gasteiger charge is -2.25. The highest BCUT2D eigenvalue weighted by Gasteiger charge is 2.26. The average Bonchev–Trinajstić information content (AvgIpc) is 3.35. The molecule has 37 heavy (non-hydrogen) atoms. The summed E-state index contributed by atoms with van der Waals surface area (Å²) in [6.45, 7) is 9.60. The highest BCUT2D eigenvalue weighted by molar-refractivity contribution is 8.72. The second-order valence-corrected chi connectivity index (χ2v) is 16.3. The third-order valence-corrected chi connectivity index (χ3v) is 11.5. The molecule has 4 rings (SSSR count). The lowest BCUT2D eigenvalue weighted by atomic mass is 9.86. The lowest BCUT2D eigenvalue weighted by molar-refractivity contribution is 0.577. The van der Waals surface area contributed by atoms with Crippen LogP contribution in [-0.4, -0.2) is 16.8 Å². The molecule has 0 radical (unpaired) electrons. The van der Waals surface area contributed by atoms with E-state index in [-0.39, 0.29) is 9.79 Å². The summed E-state index contributed by atoms with van der Waals surface area (Å²) in [5.41, 5.74) is 3.30. The van der Waals surface area contributed by atoms with E-state index in [4.69, 9.17) is 0 Å². The Morgan fingerprint density at radius 3 is 2.00 bits per heavy atom. The van der Waals surface area contributed by atoms with Gasteiger partial charge in [0.2, 0.25) is 8.87 Å². The average molecular weight is 572 g/mol. The highest BCUT2D eigenvalue weighted by Crippen LogP contribution is 2.41. The molecule has 9 heteroatoms. The minimum absolute atomic E-state index is 0.157. The van der Waals surface area contributed by atoms with Crippen molar-refractivity contribution in [3.05, 3.63) is 94.9 Å². The summed E-state index contributed by atoms with van der Waals surface area (Å²) in [4.78, 5) is 2.03. The lowest BCUT2D eigenvalue weighted by Crippen LogP contribution is -2.17. The summed E-state index contributed by atoms with van der Waals surface area (Å²) in [6.07, 6.45) is 0. The van der Waals surface area contributed by atoms with Gasteiger partial charge in [-0.3, -0.25) is 4.72 Å². The Hall–Kier alpha value is -2.59. The van der Waals surface area contributed by atoms with Gasteiger partial charge in [-0.15, -0.1) is 11.3 Å². The van der Waals surface area contributed by atoms with E-state index in [2.05, 4.69) is 4.72 Å². The molecular formula is C28H29NO4S4. The van der Waals surface area contributed by atoms with E-state index in [1.165, 1.54) is 0 Å². The van der Waals surface area contributed by atoms with Gasteiger partial charge in [0.1, 0.15) is 0 Å². The molecule has 0 bridgehead atoms. The summed E-state index contributed by atoms with van der Waals surface area (Å²) < 4.78 is 55.5. The zero-order chi connectivity index (χ0) is 27.0. The van der Waals surface area contributed by atoms with E-state index in [1.807, 2.05) is 45.2 Å². The predicted molar refractivity (Wildman–Crippen MR) is 155 cm³/mol. The second kappa shape index (κ2) is 10.3. The molecule has 0 unspecified atom stereocenters. The Bertz CT molecular complexity index is 1620. The second-order valence-electron chi connectivity index (χ2n) is 9.87. The summed E-state index contributed by atoms with van der Waals surface area (Å²) >= 11 is 1.59. The molecule has 1 aromatic heterocycles. The Labute approximate surface area is 227 Å². The summed E-state index contributed by atoms with van der Waals surface area (Å²) in [5.74, 6) is 0. The van der Waals surface area contributed by atoms with Gasteiger partial charge < -0.3 is 0 Å². The third-order valence-electron chi connectivity index (χ3n) is 5.86. The number of nitrogens with one attached hydrogen (secondary N) is 1. The first-order valence-electron chi connectivity index (χ1n) is 11.6. The largest absolute Gasteiger partial charge is 0.279 e. The van der Waals surface area contributed by atoms with Crippen LogP contribution in [0, 0.1) is 13.8 Å². The molecule has 1 N–H and O–H groups in total. The minimum atomic E-state index is -3.85. The van der Waals surface area contributed by atoms with E-state index < -0.39 is 24.3 Å². The van der Waals surface area contributed by atoms with Crippen LogP contribution < -0.4 is 4.72 Å². The van der Waals surface area contributed by atoms with E-state index in [9.17, 15) is 16.8 Å². The zero-order valence-electron chi connectivity index (χ0n) is 21.3. The number of hydrogen-bond acceptors (Lipinski definition) is 6. The Morgan fingerprint density at radius 1 is 0.811 bits per heavy atom. The number of aryl methyl sites for hydroxylation is 2. The van der Waals surface area contributed by atoms with Crippen LogP contribution >= 0.6 is 22.1 Å². The van der Waals surface area contributed by atoms with Crippen molar-refractivity contribution in [3.63, 3.8) is 0 Å². The molecule has 0 aliphatic heterocycles. The zero-order valence-corrected chi connectivity index (χ0v) is 24.5. The van der Waals surface area contributed by atoms with Gasteiger partial charge in [0.15, 0.2) is 0 Å². The van der Waals surface area contributed by atoms with Gasteiger partial charge in [0.25, 0.3) is 10.0 Å². The maximum absolute atomic E-state index is 13.2. The molecule has 5 nitrogen and oxygen atoms in total. The molecule has 0 saturated carbocycles. The van der Waals surface area contributed by atoms with Crippen molar-refractivity contribution in [1.82, 2.24) is 0 Å². The molecule has 4 aromatic rings. The van der Waals surface area contributed by atoms with Crippen LogP contribution in [0.15, 0.2) is 92.9 Å². The number of thiophene rings is 1. The fraction of sp³-hybridized carbons (Fsp3) is 0.214. The maximum Gasteiger partial charge on any atom is 0.261 e. The minimum Gasteiger partial charge on any atom is -0.279 e. The molecule has 0 spiro atoms. The van der Waals surface area contributed by atoms with Gasteiger partial charge in [-0.25, -0.2) is 16.8 Å². The van der Waals surface area contributed by atoms with Crippen molar-refractivity contribution in [1.29, 1.82) is 0 Å². The van der Waals surface area contributed by atoms with Crippen molar-refractivity contribution < 1.29 is 16.8 Å². The number of sulfonamides is 1. The van der Waals surface area contributed by atoms with Gasteiger partial charge in [-0.2, -0.15) is 0 Å². The van der Waals surface area contributed by atoms with Crippen LogP contribution in [0.25, 0.3) is 10.4 Å². The molecule has 0 aliphatic rings. The number of benzene rings is 3. The molecule has 0 atom stereocenters. The monoisotopic (exact) mass is 571 g/mol. The first-order valence-corrected chi connectivity index (χ1v) is 16.8. The smallest absolute Gasteiger partial charge is 0.261 e. The standard InChI is InChI=1S/C28H29NO4S4/c1-19-8-12-23(13-9-19)37(32,33)35-27-17-20(2)25(18-24(27)28(3,4)5)29-36(30,31)22-14-10-21(11-15-22)26-7-6-16-34-26/h6-18,29H,1-5H3.